The molecular formula is C31H23Cl2N3O2S. The highest BCUT2D eigenvalue weighted by atomic mass is 35.5. The molecule has 39 heavy (non-hydrogen) atoms. The predicted molar refractivity (Wildman–Crippen MR) is 159 cm³/mol. The summed E-state index contributed by atoms with van der Waals surface area (Å²) >= 11 is 12.3. The number of hydrogen-bond acceptors (Lipinski definition) is 4. The number of aliphatic imine (C=N–C) groups is 1. The molecule has 0 saturated heterocycles. The minimum absolute atomic E-state index is 0.137. The van der Waals surface area contributed by atoms with Gasteiger partial charge in [-0.1, -0.05) is 83.9 Å². The minimum Gasteiger partial charge on any atom is -0.426 e. The topological polar surface area (TPSA) is 63.6 Å². The molecule has 0 fully saturated rings. The van der Waals surface area contributed by atoms with Gasteiger partial charge in [0.25, 0.3) is 0 Å². The summed E-state index contributed by atoms with van der Waals surface area (Å²) in [5.41, 5.74) is 4.48. The Morgan fingerprint density at radius 2 is 1.38 bits per heavy atom. The lowest BCUT2D eigenvalue weighted by molar-refractivity contribution is 0.529. The third kappa shape index (κ3) is 7.12. The molecule has 0 aliphatic heterocycles. The largest absolute Gasteiger partial charge is 0.426 e. The van der Waals surface area contributed by atoms with E-state index < -0.39 is 11.0 Å². The molecule has 5 rings (SSSR count). The van der Waals surface area contributed by atoms with Crippen molar-refractivity contribution in [2.75, 3.05) is 0 Å². The van der Waals surface area contributed by atoms with Crippen molar-refractivity contribution < 1.29 is 8.95 Å². The normalized spacial score (nSPS) is 12.1. The van der Waals surface area contributed by atoms with Gasteiger partial charge >= 0.3 is 6.02 Å². The van der Waals surface area contributed by atoms with Crippen molar-refractivity contribution in [1.82, 2.24) is 9.71 Å². The molecule has 0 bridgehead atoms. The maximum atomic E-state index is 13.0. The van der Waals surface area contributed by atoms with Crippen molar-refractivity contribution >= 4 is 40.2 Å². The van der Waals surface area contributed by atoms with Crippen molar-refractivity contribution in [3.63, 3.8) is 0 Å². The molecular weight excluding hydrogens is 549 g/mol. The maximum absolute atomic E-state index is 13.0. The van der Waals surface area contributed by atoms with Gasteiger partial charge in [0.15, 0.2) is 11.0 Å². The van der Waals surface area contributed by atoms with Gasteiger partial charge in [-0.3, -0.25) is 9.71 Å². The number of ether oxygens (including phenoxy) is 1. The van der Waals surface area contributed by atoms with Gasteiger partial charge in [0.2, 0.25) is 0 Å². The molecule has 1 N–H and O–H groups in total. The number of benzene rings is 4. The number of amidine groups is 1. The lowest BCUT2D eigenvalue weighted by atomic mass is 9.98. The van der Waals surface area contributed by atoms with Gasteiger partial charge in [0.05, 0.1) is 17.1 Å². The smallest absolute Gasteiger partial charge is 0.302 e. The molecule has 5 nitrogen and oxygen atoms in total. The SMILES string of the molecule is O=S(NC(=NCc1cnc(-c2ccc(Cl)cc2)c(-c2ccc(Cl)cc2)c1)Oc1ccccc1)c1ccccc1. The zero-order valence-corrected chi connectivity index (χ0v) is 23.0. The second-order valence-electron chi connectivity index (χ2n) is 8.47. The molecule has 1 heterocycles. The monoisotopic (exact) mass is 571 g/mol. The van der Waals surface area contributed by atoms with Gasteiger partial charge < -0.3 is 4.74 Å². The van der Waals surface area contributed by atoms with Gasteiger partial charge in [-0.05, 0) is 65.7 Å². The lowest BCUT2D eigenvalue weighted by Crippen LogP contribution is -2.30. The van der Waals surface area contributed by atoms with Gasteiger partial charge in [-0.25, -0.2) is 9.20 Å². The van der Waals surface area contributed by atoms with Crippen LogP contribution in [0, 0.1) is 0 Å². The highest BCUT2D eigenvalue weighted by Crippen LogP contribution is 2.32. The summed E-state index contributed by atoms with van der Waals surface area (Å²) in [6.45, 7) is 0.246. The first-order valence-electron chi connectivity index (χ1n) is 12.1. The lowest BCUT2D eigenvalue weighted by Gasteiger charge is -2.13. The summed E-state index contributed by atoms with van der Waals surface area (Å²) in [5.74, 6) is 0.576. The first kappa shape index (κ1) is 26.6. The quantitative estimate of drug-likeness (QED) is 0.159. The standard InChI is InChI=1S/C31H23Cl2N3O2S/c32-25-15-11-23(12-16-25)29-19-22(20-34-30(29)24-13-17-26(33)18-14-24)21-35-31(38-27-7-3-1-4-8-27)36-39(37)28-9-5-2-6-10-28/h1-20H,21H2,(H,35,36). The highest BCUT2D eigenvalue weighted by Gasteiger charge is 2.13. The Labute approximate surface area is 239 Å². The molecule has 1 atom stereocenters. The number of rotatable bonds is 7. The van der Waals surface area contributed by atoms with Crippen molar-refractivity contribution in [2.45, 2.75) is 11.4 Å². The highest BCUT2D eigenvalue weighted by molar-refractivity contribution is 7.83. The molecule has 0 aliphatic rings. The van der Waals surface area contributed by atoms with Crippen LogP contribution in [0.25, 0.3) is 22.4 Å². The molecule has 1 unspecified atom stereocenters. The van der Waals surface area contributed by atoms with E-state index in [1.165, 1.54) is 0 Å². The minimum atomic E-state index is -1.56. The van der Waals surface area contributed by atoms with Crippen LogP contribution < -0.4 is 9.46 Å². The van der Waals surface area contributed by atoms with Crippen LogP contribution in [-0.2, 0) is 17.5 Å². The van der Waals surface area contributed by atoms with Crippen LogP contribution in [0.2, 0.25) is 10.0 Å². The van der Waals surface area contributed by atoms with Crippen molar-refractivity contribution in [3.8, 4) is 28.1 Å². The van der Waals surface area contributed by atoms with Crippen molar-refractivity contribution in [1.29, 1.82) is 0 Å². The number of aromatic nitrogens is 1. The fraction of sp³-hybridized carbons (Fsp3) is 0.0323. The zero-order valence-electron chi connectivity index (χ0n) is 20.6. The second kappa shape index (κ2) is 12.7. The molecule has 0 amide bonds. The summed E-state index contributed by atoms with van der Waals surface area (Å²) in [5, 5.41) is 1.31. The summed E-state index contributed by atoms with van der Waals surface area (Å²) in [7, 11) is -1.56. The number of para-hydroxylation sites is 1. The number of hydrogen-bond donors (Lipinski definition) is 1. The van der Waals surface area contributed by atoms with E-state index in [0.29, 0.717) is 20.7 Å². The van der Waals surface area contributed by atoms with Crippen LogP contribution in [-0.4, -0.2) is 15.2 Å². The van der Waals surface area contributed by atoms with E-state index in [2.05, 4.69) is 9.71 Å². The Balaban J connectivity index is 1.48. The number of nitrogens with one attached hydrogen (secondary N) is 1. The Kier molecular flexibility index (Phi) is 8.68. The molecule has 8 heteroatoms. The van der Waals surface area contributed by atoms with Gasteiger partial charge in [0.1, 0.15) is 5.75 Å². The Hall–Kier alpha value is -3.97. The van der Waals surface area contributed by atoms with E-state index in [9.17, 15) is 4.21 Å². The fourth-order valence-corrected chi connectivity index (χ4v) is 4.85. The number of nitrogens with zero attached hydrogens (tertiary/aromatic N) is 2. The number of pyridine rings is 1. The van der Waals surface area contributed by atoms with Gasteiger partial charge in [-0.15, -0.1) is 0 Å². The summed E-state index contributed by atoms with van der Waals surface area (Å²) < 4.78 is 21.8. The van der Waals surface area contributed by atoms with Crippen LogP contribution in [0.3, 0.4) is 0 Å². The third-order valence-corrected chi connectivity index (χ3v) is 7.28. The first-order valence-corrected chi connectivity index (χ1v) is 14.0. The Morgan fingerprint density at radius 3 is 2.03 bits per heavy atom. The van der Waals surface area contributed by atoms with E-state index in [4.69, 9.17) is 32.9 Å². The van der Waals surface area contributed by atoms with Gasteiger partial charge in [-0.2, -0.15) is 0 Å². The average molecular weight is 573 g/mol. The molecule has 0 saturated carbocycles. The predicted octanol–water partition coefficient (Wildman–Crippen LogP) is 7.97. The molecule has 0 spiro atoms. The first-order chi connectivity index (χ1) is 19.0. The van der Waals surface area contributed by atoms with Crippen LogP contribution in [0.4, 0.5) is 0 Å². The second-order valence-corrected chi connectivity index (χ2v) is 10.6. The average Bonchev–Trinajstić information content (AvgIpc) is 2.98. The maximum Gasteiger partial charge on any atom is 0.302 e. The molecule has 1 aromatic heterocycles. The molecule has 5 aromatic rings. The van der Waals surface area contributed by atoms with Gasteiger partial charge in [0, 0.05) is 27.4 Å². The van der Waals surface area contributed by atoms with E-state index >= 15 is 0 Å². The van der Waals surface area contributed by atoms with E-state index in [0.717, 1.165) is 27.9 Å². The summed E-state index contributed by atoms with van der Waals surface area (Å²) in [4.78, 5) is 10.0. The van der Waals surface area contributed by atoms with E-state index in [1.54, 1.807) is 18.3 Å². The third-order valence-electron chi connectivity index (χ3n) is 5.72. The van der Waals surface area contributed by atoms with E-state index in [-0.39, 0.29) is 12.6 Å². The summed E-state index contributed by atoms with van der Waals surface area (Å²) in [6, 6.07) is 35.7. The summed E-state index contributed by atoms with van der Waals surface area (Å²) in [6.07, 6.45) is 1.78. The van der Waals surface area contributed by atoms with E-state index in [1.807, 2.05) is 103 Å². The van der Waals surface area contributed by atoms with Crippen LogP contribution in [0.15, 0.2) is 131 Å². The fourth-order valence-electron chi connectivity index (χ4n) is 3.81. The molecule has 194 valence electrons. The molecule has 0 aliphatic carbocycles. The Morgan fingerprint density at radius 1 is 0.795 bits per heavy atom. The van der Waals surface area contributed by atoms with Crippen molar-refractivity contribution in [3.05, 3.63) is 137 Å². The molecule has 0 radical (unpaired) electrons. The van der Waals surface area contributed by atoms with Crippen molar-refractivity contribution in [2.24, 2.45) is 4.99 Å². The number of halogens is 2. The zero-order chi connectivity index (χ0) is 27.0. The Bertz CT molecular complexity index is 1600. The van der Waals surface area contributed by atoms with Crippen LogP contribution in [0.1, 0.15) is 5.56 Å². The van der Waals surface area contributed by atoms with Crippen LogP contribution in [0.5, 0.6) is 5.75 Å². The molecule has 4 aromatic carbocycles. The van der Waals surface area contributed by atoms with Crippen LogP contribution >= 0.6 is 23.2 Å².